The third-order valence-corrected chi connectivity index (χ3v) is 4.85. The van der Waals surface area contributed by atoms with Gasteiger partial charge in [-0.2, -0.15) is 0 Å². The Labute approximate surface area is 151 Å². The van der Waals surface area contributed by atoms with Crippen molar-refractivity contribution in [2.75, 3.05) is 0 Å². The standard InChI is InChI=1S/C22H31NO2/c1-14(2)22(7,8)18(20(24)25-21(4,5)6)13-16-9-10-19-17(12-16)11-15(3)23-19/h9-14,23H,1-8H3. The Kier molecular flexibility index (Phi) is 5.17. The number of aromatic amines is 1. The van der Waals surface area contributed by atoms with Crippen molar-refractivity contribution in [2.24, 2.45) is 11.3 Å². The summed E-state index contributed by atoms with van der Waals surface area (Å²) >= 11 is 0. The Balaban J connectivity index is 2.51. The minimum Gasteiger partial charge on any atom is -0.457 e. The largest absolute Gasteiger partial charge is 0.457 e. The number of aryl methyl sites for hydroxylation is 1. The molecule has 1 N–H and O–H groups in total. The molecule has 2 aromatic rings. The van der Waals surface area contributed by atoms with Crippen molar-refractivity contribution in [2.45, 2.75) is 61.0 Å². The number of esters is 1. The molecule has 0 aliphatic heterocycles. The van der Waals surface area contributed by atoms with E-state index in [-0.39, 0.29) is 11.4 Å². The number of aromatic nitrogens is 1. The predicted octanol–water partition coefficient (Wildman–Crippen LogP) is 5.88. The second-order valence-electron chi connectivity index (χ2n) is 8.74. The molecular formula is C22H31NO2. The Morgan fingerprint density at radius 3 is 2.32 bits per heavy atom. The van der Waals surface area contributed by atoms with E-state index in [1.165, 1.54) is 0 Å². The molecule has 0 fully saturated rings. The fourth-order valence-electron chi connectivity index (χ4n) is 2.70. The molecule has 0 aliphatic carbocycles. The van der Waals surface area contributed by atoms with E-state index in [0.29, 0.717) is 11.5 Å². The number of nitrogens with one attached hydrogen (secondary N) is 1. The summed E-state index contributed by atoms with van der Waals surface area (Å²) in [4.78, 5) is 16.2. The third-order valence-electron chi connectivity index (χ3n) is 4.85. The van der Waals surface area contributed by atoms with E-state index in [1.807, 2.05) is 39.8 Å². The van der Waals surface area contributed by atoms with Crippen molar-refractivity contribution in [1.29, 1.82) is 0 Å². The summed E-state index contributed by atoms with van der Waals surface area (Å²) in [6, 6.07) is 8.33. The maximum Gasteiger partial charge on any atom is 0.335 e. The van der Waals surface area contributed by atoms with E-state index in [0.717, 1.165) is 22.2 Å². The summed E-state index contributed by atoms with van der Waals surface area (Å²) < 4.78 is 5.69. The molecule has 3 nitrogen and oxygen atoms in total. The van der Waals surface area contributed by atoms with Gasteiger partial charge >= 0.3 is 5.97 Å². The molecule has 25 heavy (non-hydrogen) atoms. The third kappa shape index (κ3) is 4.53. The molecule has 0 saturated carbocycles. The molecule has 0 radical (unpaired) electrons. The number of H-pyrrole nitrogens is 1. The van der Waals surface area contributed by atoms with Gasteiger partial charge in [0.05, 0.1) is 0 Å². The molecule has 1 aromatic carbocycles. The molecule has 0 saturated heterocycles. The molecule has 2 rings (SSSR count). The molecule has 0 spiro atoms. The van der Waals surface area contributed by atoms with E-state index in [4.69, 9.17) is 4.74 Å². The zero-order chi connectivity index (χ0) is 19.0. The van der Waals surface area contributed by atoms with Gasteiger partial charge < -0.3 is 9.72 Å². The molecule has 1 heterocycles. The van der Waals surface area contributed by atoms with Gasteiger partial charge in [0.25, 0.3) is 0 Å². The Morgan fingerprint density at radius 1 is 1.12 bits per heavy atom. The van der Waals surface area contributed by atoms with Crippen molar-refractivity contribution in [3.8, 4) is 0 Å². The first kappa shape index (κ1) is 19.3. The van der Waals surface area contributed by atoms with Gasteiger partial charge in [-0.3, -0.25) is 0 Å². The van der Waals surface area contributed by atoms with Crippen LogP contribution in [0.15, 0.2) is 29.8 Å². The van der Waals surface area contributed by atoms with Crippen LogP contribution in [0, 0.1) is 18.3 Å². The zero-order valence-electron chi connectivity index (χ0n) is 16.8. The maximum atomic E-state index is 12.9. The van der Waals surface area contributed by atoms with E-state index < -0.39 is 5.60 Å². The highest BCUT2D eigenvalue weighted by atomic mass is 16.6. The smallest absolute Gasteiger partial charge is 0.335 e. The highest BCUT2D eigenvalue weighted by Crippen LogP contribution is 2.37. The van der Waals surface area contributed by atoms with Crippen LogP contribution in [0.2, 0.25) is 0 Å². The first-order valence-corrected chi connectivity index (χ1v) is 8.95. The SMILES string of the molecule is Cc1cc2cc(C=C(C(=O)OC(C)(C)C)C(C)(C)C(C)C)ccc2[nH]1. The molecular weight excluding hydrogens is 310 g/mol. The molecule has 0 aliphatic rings. The average molecular weight is 341 g/mol. The summed E-state index contributed by atoms with van der Waals surface area (Å²) in [6.45, 7) is 16.2. The lowest BCUT2D eigenvalue weighted by Crippen LogP contribution is -2.32. The van der Waals surface area contributed by atoms with Crippen LogP contribution in [0.1, 0.15) is 59.7 Å². The summed E-state index contributed by atoms with van der Waals surface area (Å²) in [5, 5.41) is 1.15. The van der Waals surface area contributed by atoms with Crippen LogP contribution in [0.25, 0.3) is 17.0 Å². The van der Waals surface area contributed by atoms with Crippen molar-refractivity contribution in [1.82, 2.24) is 4.98 Å². The average Bonchev–Trinajstić information content (AvgIpc) is 2.81. The van der Waals surface area contributed by atoms with Crippen LogP contribution >= 0.6 is 0 Å². The number of rotatable bonds is 4. The second kappa shape index (κ2) is 6.70. The lowest BCUT2D eigenvalue weighted by molar-refractivity contribution is -0.151. The van der Waals surface area contributed by atoms with Crippen LogP contribution in [0.3, 0.4) is 0 Å². The monoisotopic (exact) mass is 341 g/mol. The number of carbonyl (C=O) groups is 1. The van der Waals surface area contributed by atoms with Crippen LogP contribution in [0.5, 0.6) is 0 Å². The minimum atomic E-state index is -0.509. The summed E-state index contributed by atoms with van der Waals surface area (Å²) in [5.74, 6) is 0.0704. The van der Waals surface area contributed by atoms with Gasteiger partial charge in [0, 0.05) is 22.2 Å². The quantitative estimate of drug-likeness (QED) is 0.557. The molecule has 0 bridgehead atoms. The Hall–Kier alpha value is -2.03. The Bertz CT molecular complexity index is 801. The normalized spacial score (nSPS) is 13.6. The molecule has 1 aromatic heterocycles. The number of fused-ring (bicyclic) bond motifs is 1. The van der Waals surface area contributed by atoms with Gasteiger partial charge in [0.1, 0.15) is 5.60 Å². The number of hydrogen-bond acceptors (Lipinski definition) is 2. The summed E-state index contributed by atoms with van der Waals surface area (Å²) in [7, 11) is 0. The highest BCUT2D eigenvalue weighted by molar-refractivity contribution is 5.96. The van der Waals surface area contributed by atoms with E-state index in [1.54, 1.807) is 0 Å². The topological polar surface area (TPSA) is 42.1 Å². The number of ether oxygens (including phenoxy) is 1. The van der Waals surface area contributed by atoms with Crippen LogP contribution in [-0.2, 0) is 9.53 Å². The fraction of sp³-hybridized carbons (Fsp3) is 0.500. The van der Waals surface area contributed by atoms with Crippen LogP contribution in [0.4, 0.5) is 0 Å². The van der Waals surface area contributed by atoms with E-state index in [9.17, 15) is 4.79 Å². The first-order valence-electron chi connectivity index (χ1n) is 8.95. The molecule has 3 heteroatoms. The van der Waals surface area contributed by atoms with Gasteiger partial charge in [-0.1, -0.05) is 33.8 Å². The summed E-state index contributed by atoms with van der Waals surface area (Å²) in [6.07, 6.45) is 1.98. The lowest BCUT2D eigenvalue weighted by Gasteiger charge is -2.33. The summed E-state index contributed by atoms with van der Waals surface area (Å²) in [5.41, 5.74) is 3.17. The lowest BCUT2D eigenvalue weighted by atomic mass is 9.74. The fourth-order valence-corrected chi connectivity index (χ4v) is 2.70. The number of benzene rings is 1. The highest BCUT2D eigenvalue weighted by Gasteiger charge is 2.34. The number of carbonyl (C=O) groups excluding carboxylic acids is 1. The van der Waals surface area contributed by atoms with Crippen LogP contribution < -0.4 is 0 Å². The van der Waals surface area contributed by atoms with Crippen molar-refractivity contribution in [3.05, 3.63) is 41.1 Å². The van der Waals surface area contributed by atoms with Gasteiger partial charge in [0.15, 0.2) is 0 Å². The van der Waals surface area contributed by atoms with Gasteiger partial charge in [-0.15, -0.1) is 0 Å². The Morgan fingerprint density at radius 2 is 1.76 bits per heavy atom. The van der Waals surface area contributed by atoms with E-state index in [2.05, 4.69) is 50.9 Å². The molecule has 136 valence electrons. The number of hydrogen-bond donors (Lipinski definition) is 1. The molecule has 0 unspecified atom stereocenters. The molecule has 0 atom stereocenters. The first-order chi connectivity index (χ1) is 11.4. The van der Waals surface area contributed by atoms with Crippen LogP contribution in [-0.4, -0.2) is 16.6 Å². The minimum absolute atomic E-state index is 0.239. The maximum absolute atomic E-state index is 12.9. The van der Waals surface area contributed by atoms with Crippen molar-refractivity contribution >= 4 is 22.9 Å². The predicted molar refractivity (Wildman–Crippen MR) is 105 cm³/mol. The van der Waals surface area contributed by atoms with E-state index >= 15 is 0 Å². The van der Waals surface area contributed by atoms with Crippen molar-refractivity contribution < 1.29 is 9.53 Å². The zero-order valence-corrected chi connectivity index (χ0v) is 16.8. The van der Waals surface area contributed by atoms with Gasteiger partial charge in [-0.25, -0.2) is 4.79 Å². The van der Waals surface area contributed by atoms with Crippen molar-refractivity contribution in [3.63, 3.8) is 0 Å². The van der Waals surface area contributed by atoms with Gasteiger partial charge in [0.2, 0.25) is 0 Å². The molecule has 0 amide bonds. The van der Waals surface area contributed by atoms with Gasteiger partial charge in [-0.05, 0) is 68.9 Å². The second-order valence-corrected chi connectivity index (χ2v) is 8.74.